The molecule has 0 amide bonds. The molecule has 0 spiro atoms. The third kappa shape index (κ3) is 2.39. The molecule has 1 atom stereocenters. The Balaban J connectivity index is 2.89. The molecule has 0 aliphatic heterocycles. The van der Waals surface area contributed by atoms with E-state index in [9.17, 15) is 0 Å². The van der Waals surface area contributed by atoms with Crippen LogP contribution in [0.5, 0.6) is 5.75 Å². The molecule has 0 aliphatic carbocycles. The summed E-state index contributed by atoms with van der Waals surface area (Å²) in [7, 11) is 0. The molecule has 0 heterocycles. The second-order valence-corrected chi connectivity index (χ2v) is 3.59. The lowest BCUT2D eigenvalue weighted by atomic mass is 10.1. The Bertz CT molecular complexity index is 321. The highest BCUT2D eigenvalue weighted by atomic mass is 16.5. The number of nitrogens with two attached hydrogens (primary N) is 1. The molecular weight excluding hydrogens is 178 g/mol. The van der Waals surface area contributed by atoms with E-state index >= 15 is 0 Å². The fraction of sp³-hybridized carbons (Fsp3) is 0.455. The minimum atomic E-state index is -0.477. The minimum Gasteiger partial charge on any atom is -0.488 e. The van der Waals surface area contributed by atoms with Crippen LogP contribution in [-0.2, 0) is 0 Å². The quantitative estimate of drug-likeness (QED) is 0.721. The summed E-state index contributed by atoms with van der Waals surface area (Å²) in [6, 6.07) is 3.78. The third-order valence-electron chi connectivity index (χ3n) is 2.18. The molecule has 14 heavy (non-hydrogen) atoms. The van der Waals surface area contributed by atoms with Crippen molar-refractivity contribution in [3.8, 4) is 5.75 Å². The zero-order valence-corrected chi connectivity index (χ0v) is 8.87. The van der Waals surface area contributed by atoms with Gasteiger partial charge in [0, 0.05) is 0 Å². The Kier molecular flexibility index (Phi) is 3.36. The molecule has 0 aromatic heterocycles. The lowest BCUT2D eigenvalue weighted by Gasteiger charge is -2.14. The van der Waals surface area contributed by atoms with Gasteiger partial charge >= 0.3 is 0 Å². The maximum Gasteiger partial charge on any atom is 0.145 e. The molecular formula is C11H17NO2. The van der Waals surface area contributed by atoms with Gasteiger partial charge in [-0.05, 0) is 38.0 Å². The van der Waals surface area contributed by atoms with Gasteiger partial charge in [-0.1, -0.05) is 6.07 Å². The van der Waals surface area contributed by atoms with Crippen molar-refractivity contribution in [1.29, 1.82) is 0 Å². The van der Waals surface area contributed by atoms with E-state index < -0.39 is 6.10 Å². The van der Waals surface area contributed by atoms with Gasteiger partial charge in [-0.15, -0.1) is 0 Å². The smallest absolute Gasteiger partial charge is 0.145 e. The molecule has 0 fully saturated rings. The summed E-state index contributed by atoms with van der Waals surface area (Å²) in [5, 5.41) is 9.10. The number of aryl methyl sites for hydroxylation is 1. The van der Waals surface area contributed by atoms with Gasteiger partial charge < -0.3 is 15.6 Å². The van der Waals surface area contributed by atoms with Crippen LogP contribution in [0.4, 0.5) is 5.69 Å². The number of hydrogen-bond acceptors (Lipinski definition) is 3. The number of benzene rings is 1. The summed E-state index contributed by atoms with van der Waals surface area (Å²) >= 11 is 0. The van der Waals surface area contributed by atoms with Gasteiger partial charge in [0.2, 0.25) is 0 Å². The van der Waals surface area contributed by atoms with Gasteiger partial charge in [0.1, 0.15) is 12.4 Å². The summed E-state index contributed by atoms with van der Waals surface area (Å²) in [4.78, 5) is 0. The van der Waals surface area contributed by atoms with Crippen molar-refractivity contribution in [2.45, 2.75) is 26.9 Å². The molecule has 3 N–H and O–H groups in total. The van der Waals surface area contributed by atoms with Gasteiger partial charge in [-0.3, -0.25) is 0 Å². The Labute approximate surface area is 84.5 Å². The van der Waals surface area contributed by atoms with Gasteiger partial charge in [0.25, 0.3) is 0 Å². The van der Waals surface area contributed by atoms with E-state index in [1.807, 2.05) is 26.0 Å². The normalized spacial score (nSPS) is 12.6. The third-order valence-corrected chi connectivity index (χ3v) is 2.18. The fourth-order valence-corrected chi connectivity index (χ4v) is 1.21. The van der Waals surface area contributed by atoms with Crippen molar-refractivity contribution >= 4 is 5.69 Å². The average Bonchev–Trinajstić information content (AvgIpc) is 2.11. The van der Waals surface area contributed by atoms with E-state index in [-0.39, 0.29) is 6.61 Å². The van der Waals surface area contributed by atoms with Crippen molar-refractivity contribution in [2.75, 3.05) is 12.3 Å². The fourth-order valence-electron chi connectivity index (χ4n) is 1.21. The number of nitrogen functional groups attached to an aromatic ring is 1. The second-order valence-electron chi connectivity index (χ2n) is 3.59. The monoisotopic (exact) mass is 195 g/mol. The van der Waals surface area contributed by atoms with Crippen LogP contribution in [0.2, 0.25) is 0 Å². The maximum absolute atomic E-state index is 9.10. The molecule has 0 radical (unpaired) electrons. The first-order valence-corrected chi connectivity index (χ1v) is 4.69. The summed E-state index contributed by atoms with van der Waals surface area (Å²) < 4.78 is 5.43. The SMILES string of the molecule is Cc1ccc(N)c(OCC(C)O)c1C. The maximum atomic E-state index is 9.10. The molecule has 0 aliphatic rings. The molecule has 0 saturated heterocycles. The summed E-state index contributed by atoms with van der Waals surface area (Å²) in [5.74, 6) is 0.686. The first kappa shape index (κ1) is 10.9. The molecule has 1 unspecified atom stereocenters. The summed E-state index contributed by atoms with van der Waals surface area (Å²) in [6.45, 7) is 5.92. The summed E-state index contributed by atoms with van der Waals surface area (Å²) in [6.07, 6.45) is -0.477. The van der Waals surface area contributed by atoms with Gasteiger partial charge in [-0.2, -0.15) is 0 Å². The first-order chi connectivity index (χ1) is 6.52. The van der Waals surface area contributed by atoms with Crippen molar-refractivity contribution in [3.63, 3.8) is 0 Å². The van der Waals surface area contributed by atoms with Crippen LogP contribution in [-0.4, -0.2) is 17.8 Å². The van der Waals surface area contributed by atoms with E-state index in [4.69, 9.17) is 15.6 Å². The van der Waals surface area contributed by atoms with Crippen LogP contribution in [0.15, 0.2) is 12.1 Å². The van der Waals surface area contributed by atoms with Crippen molar-refractivity contribution in [2.24, 2.45) is 0 Å². The Morgan fingerprint density at radius 2 is 2.07 bits per heavy atom. The number of ether oxygens (including phenoxy) is 1. The molecule has 3 heteroatoms. The van der Waals surface area contributed by atoms with Gasteiger partial charge in [-0.25, -0.2) is 0 Å². The van der Waals surface area contributed by atoms with E-state index in [1.54, 1.807) is 6.92 Å². The van der Waals surface area contributed by atoms with Crippen LogP contribution in [0.3, 0.4) is 0 Å². The number of aliphatic hydroxyl groups excluding tert-OH is 1. The predicted molar refractivity (Wildman–Crippen MR) is 57.5 cm³/mol. The summed E-state index contributed by atoms with van der Waals surface area (Å²) in [5.41, 5.74) is 8.56. The van der Waals surface area contributed by atoms with E-state index in [0.717, 1.165) is 11.1 Å². The topological polar surface area (TPSA) is 55.5 Å². The molecule has 1 aromatic rings. The first-order valence-electron chi connectivity index (χ1n) is 4.69. The molecule has 1 rings (SSSR count). The number of anilines is 1. The Morgan fingerprint density at radius 3 is 2.64 bits per heavy atom. The molecule has 0 saturated carbocycles. The van der Waals surface area contributed by atoms with E-state index in [2.05, 4.69) is 0 Å². The van der Waals surface area contributed by atoms with Crippen LogP contribution < -0.4 is 10.5 Å². The standard InChI is InChI=1S/C11H17NO2/c1-7-4-5-10(12)11(9(7)3)14-6-8(2)13/h4-5,8,13H,6,12H2,1-3H3. The van der Waals surface area contributed by atoms with Crippen molar-refractivity contribution in [1.82, 2.24) is 0 Å². The Hall–Kier alpha value is -1.22. The van der Waals surface area contributed by atoms with Gasteiger partial charge in [0.15, 0.2) is 0 Å². The zero-order valence-electron chi connectivity index (χ0n) is 8.87. The molecule has 1 aromatic carbocycles. The van der Waals surface area contributed by atoms with Crippen LogP contribution in [0.1, 0.15) is 18.1 Å². The zero-order chi connectivity index (χ0) is 10.7. The largest absolute Gasteiger partial charge is 0.488 e. The highest BCUT2D eigenvalue weighted by Crippen LogP contribution is 2.28. The van der Waals surface area contributed by atoms with Gasteiger partial charge in [0.05, 0.1) is 11.8 Å². The minimum absolute atomic E-state index is 0.272. The van der Waals surface area contributed by atoms with Crippen LogP contribution in [0, 0.1) is 13.8 Å². The van der Waals surface area contributed by atoms with Crippen LogP contribution in [0.25, 0.3) is 0 Å². The Morgan fingerprint density at radius 1 is 1.43 bits per heavy atom. The van der Waals surface area contributed by atoms with E-state index in [0.29, 0.717) is 11.4 Å². The molecule has 0 bridgehead atoms. The highest BCUT2D eigenvalue weighted by molar-refractivity contribution is 5.58. The highest BCUT2D eigenvalue weighted by Gasteiger charge is 2.07. The average molecular weight is 195 g/mol. The van der Waals surface area contributed by atoms with E-state index in [1.165, 1.54) is 0 Å². The number of rotatable bonds is 3. The molecule has 3 nitrogen and oxygen atoms in total. The lowest BCUT2D eigenvalue weighted by Crippen LogP contribution is -2.14. The van der Waals surface area contributed by atoms with Crippen molar-refractivity contribution in [3.05, 3.63) is 23.3 Å². The lowest BCUT2D eigenvalue weighted by molar-refractivity contribution is 0.123. The predicted octanol–water partition coefficient (Wildman–Crippen LogP) is 1.65. The molecule has 78 valence electrons. The number of aliphatic hydroxyl groups is 1. The number of hydrogen-bond donors (Lipinski definition) is 2. The van der Waals surface area contributed by atoms with Crippen molar-refractivity contribution < 1.29 is 9.84 Å². The van der Waals surface area contributed by atoms with Crippen LogP contribution >= 0.6 is 0 Å². The second kappa shape index (κ2) is 4.33.